The predicted molar refractivity (Wildman–Crippen MR) is 108 cm³/mol. The maximum atomic E-state index is 12.1. The average molecular weight is 391 g/mol. The summed E-state index contributed by atoms with van der Waals surface area (Å²) >= 11 is 0. The van der Waals surface area contributed by atoms with Crippen LogP contribution in [-0.2, 0) is 14.8 Å². The number of hydrogen-bond acceptors (Lipinski definition) is 4. The van der Waals surface area contributed by atoms with Crippen LogP contribution in [0, 0.1) is 6.92 Å². The molecule has 1 amide bonds. The molecule has 0 aliphatic heterocycles. The van der Waals surface area contributed by atoms with Crippen LogP contribution >= 0.6 is 0 Å². The van der Waals surface area contributed by atoms with Gasteiger partial charge in [0.05, 0.1) is 18.5 Å². The van der Waals surface area contributed by atoms with E-state index >= 15 is 0 Å². The normalized spacial score (nSPS) is 11.0. The monoisotopic (exact) mass is 390 g/mol. The van der Waals surface area contributed by atoms with Gasteiger partial charge in [-0.3, -0.25) is 9.10 Å². The van der Waals surface area contributed by atoms with E-state index in [1.165, 1.54) is 10.6 Å². The van der Waals surface area contributed by atoms with Crippen molar-refractivity contribution in [2.75, 3.05) is 30.3 Å². The Hall–Kier alpha value is -2.54. The highest BCUT2D eigenvalue weighted by Crippen LogP contribution is 2.22. The largest absolute Gasteiger partial charge is 0.492 e. The lowest BCUT2D eigenvalue weighted by Crippen LogP contribution is -2.33. The van der Waals surface area contributed by atoms with Crippen molar-refractivity contribution in [3.05, 3.63) is 60.2 Å². The molecule has 2 aromatic rings. The maximum absolute atomic E-state index is 12.1. The molecule has 2 aromatic carbocycles. The van der Waals surface area contributed by atoms with Crippen LogP contribution in [0.2, 0.25) is 0 Å². The molecule has 0 saturated carbocycles. The number of rotatable bonds is 10. The lowest BCUT2D eigenvalue weighted by atomic mass is 10.2. The molecule has 27 heavy (non-hydrogen) atoms. The van der Waals surface area contributed by atoms with Crippen LogP contribution in [0.4, 0.5) is 5.69 Å². The van der Waals surface area contributed by atoms with Crippen molar-refractivity contribution in [1.82, 2.24) is 5.32 Å². The summed E-state index contributed by atoms with van der Waals surface area (Å²) < 4.78 is 31.1. The molecule has 7 heteroatoms. The van der Waals surface area contributed by atoms with Gasteiger partial charge in [-0.25, -0.2) is 8.42 Å². The fraction of sp³-hybridized carbons (Fsp3) is 0.350. The third kappa shape index (κ3) is 6.94. The van der Waals surface area contributed by atoms with Gasteiger partial charge in [-0.1, -0.05) is 36.4 Å². The summed E-state index contributed by atoms with van der Waals surface area (Å²) in [6, 6.07) is 16.7. The molecule has 0 spiro atoms. The van der Waals surface area contributed by atoms with E-state index < -0.39 is 10.0 Å². The number of ether oxygens (including phenoxy) is 1. The van der Waals surface area contributed by atoms with E-state index in [9.17, 15) is 13.2 Å². The van der Waals surface area contributed by atoms with Crippen LogP contribution in [0.1, 0.15) is 18.4 Å². The van der Waals surface area contributed by atoms with E-state index in [0.29, 0.717) is 25.3 Å². The number of nitrogens with zero attached hydrogens (tertiary/aromatic N) is 1. The van der Waals surface area contributed by atoms with Crippen molar-refractivity contribution in [3.8, 4) is 5.75 Å². The average Bonchev–Trinajstić information content (AvgIpc) is 2.63. The quantitative estimate of drug-likeness (QED) is 0.633. The molecule has 0 atom stereocenters. The van der Waals surface area contributed by atoms with Crippen molar-refractivity contribution in [3.63, 3.8) is 0 Å². The van der Waals surface area contributed by atoms with E-state index in [1.807, 2.05) is 49.4 Å². The van der Waals surface area contributed by atoms with Crippen molar-refractivity contribution >= 4 is 21.6 Å². The highest BCUT2D eigenvalue weighted by Gasteiger charge is 2.18. The molecule has 0 heterocycles. The Kier molecular flexibility index (Phi) is 7.67. The van der Waals surface area contributed by atoms with Gasteiger partial charge >= 0.3 is 0 Å². The van der Waals surface area contributed by atoms with Gasteiger partial charge in [0.15, 0.2) is 0 Å². The van der Waals surface area contributed by atoms with Crippen molar-refractivity contribution in [2.24, 2.45) is 0 Å². The Balaban J connectivity index is 1.76. The fourth-order valence-electron chi connectivity index (χ4n) is 2.66. The van der Waals surface area contributed by atoms with Gasteiger partial charge in [-0.2, -0.15) is 0 Å². The van der Waals surface area contributed by atoms with Crippen LogP contribution in [-0.4, -0.2) is 40.3 Å². The lowest BCUT2D eigenvalue weighted by molar-refractivity contribution is -0.121. The summed E-state index contributed by atoms with van der Waals surface area (Å²) in [4.78, 5) is 12.0. The van der Waals surface area contributed by atoms with Crippen molar-refractivity contribution in [1.29, 1.82) is 0 Å². The Morgan fingerprint density at radius 3 is 2.41 bits per heavy atom. The number of carbonyl (C=O) groups is 1. The number of amides is 1. The zero-order valence-corrected chi connectivity index (χ0v) is 16.5. The van der Waals surface area contributed by atoms with Crippen LogP contribution in [0.5, 0.6) is 5.75 Å². The van der Waals surface area contributed by atoms with E-state index in [-0.39, 0.29) is 18.9 Å². The molecular formula is C20H26N2O4S. The number of para-hydroxylation sites is 2. The second kappa shape index (κ2) is 9.97. The summed E-state index contributed by atoms with van der Waals surface area (Å²) in [6.07, 6.45) is 1.87. The lowest BCUT2D eigenvalue weighted by Gasteiger charge is -2.24. The van der Waals surface area contributed by atoms with Gasteiger partial charge in [-0.05, 0) is 37.1 Å². The van der Waals surface area contributed by atoms with Crippen LogP contribution in [0.3, 0.4) is 0 Å². The van der Waals surface area contributed by atoms with E-state index in [0.717, 1.165) is 11.3 Å². The Bertz CT molecular complexity index is 838. The summed E-state index contributed by atoms with van der Waals surface area (Å²) in [5.74, 6) is 0.638. The van der Waals surface area contributed by atoms with Crippen molar-refractivity contribution < 1.29 is 17.9 Å². The molecule has 1 N–H and O–H groups in total. The Labute approximate surface area is 161 Å². The zero-order valence-electron chi connectivity index (χ0n) is 15.7. The number of benzene rings is 2. The molecule has 0 aromatic heterocycles. The molecular weight excluding hydrogens is 364 g/mol. The number of aryl methyl sites for hydroxylation is 1. The first-order valence-electron chi connectivity index (χ1n) is 8.86. The highest BCUT2D eigenvalue weighted by atomic mass is 32.2. The third-order valence-electron chi connectivity index (χ3n) is 3.99. The summed E-state index contributed by atoms with van der Waals surface area (Å²) in [7, 11) is -3.41. The number of hydrogen-bond donors (Lipinski definition) is 1. The number of sulfonamides is 1. The minimum absolute atomic E-state index is 0.120. The first-order valence-corrected chi connectivity index (χ1v) is 10.7. The Morgan fingerprint density at radius 2 is 1.74 bits per heavy atom. The van der Waals surface area contributed by atoms with Crippen LogP contribution in [0.25, 0.3) is 0 Å². The number of anilines is 1. The van der Waals surface area contributed by atoms with E-state index in [4.69, 9.17) is 4.74 Å². The standard InChI is InChI=1S/C20H26N2O4S/c1-17-9-6-7-12-19(17)22(27(2,24)25)15-8-13-20(23)21-14-16-26-18-10-4-3-5-11-18/h3-7,9-12H,8,13-16H2,1-2H3,(H,21,23). The third-order valence-corrected chi connectivity index (χ3v) is 5.17. The second-order valence-corrected chi connectivity index (χ2v) is 8.14. The number of carbonyl (C=O) groups excluding carboxylic acids is 1. The first-order chi connectivity index (χ1) is 12.9. The first kappa shape index (κ1) is 20.8. The SMILES string of the molecule is Cc1ccccc1N(CCCC(=O)NCCOc1ccccc1)S(C)(=O)=O. The molecule has 0 radical (unpaired) electrons. The van der Waals surface area contributed by atoms with Gasteiger partial charge in [-0.15, -0.1) is 0 Å². The van der Waals surface area contributed by atoms with Gasteiger partial charge in [0.1, 0.15) is 12.4 Å². The zero-order chi connectivity index (χ0) is 19.7. The van der Waals surface area contributed by atoms with Gasteiger partial charge in [0.25, 0.3) is 0 Å². The molecule has 0 aliphatic rings. The molecule has 0 unspecified atom stereocenters. The molecule has 0 bridgehead atoms. The molecule has 2 rings (SSSR count). The maximum Gasteiger partial charge on any atom is 0.232 e. The topological polar surface area (TPSA) is 75.7 Å². The smallest absolute Gasteiger partial charge is 0.232 e. The second-order valence-electron chi connectivity index (χ2n) is 6.24. The molecule has 0 saturated heterocycles. The molecule has 0 aliphatic carbocycles. The molecule has 146 valence electrons. The van der Waals surface area contributed by atoms with Crippen molar-refractivity contribution in [2.45, 2.75) is 19.8 Å². The van der Waals surface area contributed by atoms with Crippen LogP contribution < -0.4 is 14.4 Å². The molecule has 0 fully saturated rings. The number of nitrogens with one attached hydrogen (secondary N) is 1. The van der Waals surface area contributed by atoms with Gasteiger partial charge < -0.3 is 10.1 Å². The Morgan fingerprint density at radius 1 is 1.07 bits per heavy atom. The summed E-state index contributed by atoms with van der Waals surface area (Å²) in [5.41, 5.74) is 1.53. The minimum Gasteiger partial charge on any atom is -0.492 e. The minimum atomic E-state index is -3.41. The fourth-order valence-corrected chi connectivity index (χ4v) is 3.68. The highest BCUT2D eigenvalue weighted by molar-refractivity contribution is 7.92. The predicted octanol–water partition coefficient (Wildman–Crippen LogP) is 2.74. The van der Waals surface area contributed by atoms with E-state index in [1.54, 1.807) is 12.1 Å². The summed E-state index contributed by atoms with van der Waals surface area (Å²) in [5, 5.41) is 2.78. The molecule has 6 nitrogen and oxygen atoms in total. The van der Waals surface area contributed by atoms with Gasteiger partial charge in [0.2, 0.25) is 15.9 Å². The summed E-state index contributed by atoms with van der Waals surface area (Å²) in [6.45, 7) is 2.92. The van der Waals surface area contributed by atoms with E-state index in [2.05, 4.69) is 5.32 Å². The van der Waals surface area contributed by atoms with Crippen LogP contribution in [0.15, 0.2) is 54.6 Å². The van der Waals surface area contributed by atoms with Gasteiger partial charge in [0, 0.05) is 13.0 Å².